The molecule has 0 aliphatic rings. The maximum absolute atomic E-state index is 11.0. The van der Waals surface area contributed by atoms with Crippen molar-refractivity contribution in [3.8, 4) is 0 Å². The molecule has 0 aromatic carbocycles. The Balaban J connectivity index is 3.34. The van der Waals surface area contributed by atoms with Gasteiger partial charge in [0.05, 0.1) is 6.61 Å². The Bertz CT molecular complexity index is 216. The molecule has 0 radical (unpaired) electrons. The molecule has 0 saturated heterocycles. The third kappa shape index (κ3) is 6.46. The summed E-state index contributed by atoms with van der Waals surface area (Å²) in [6.07, 6.45) is 4.00. The lowest BCUT2D eigenvalue weighted by atomic mass is 10.1. The minimum Gasteiger partial charge on any atom is -0.462 e. The van der Waals surface area contributed by atoms with Crippen molar-refractivity contribution in [1.82, 2.24) is 0 Å². The summed E-state index contributed by atoms with van der Waals surface area (Å²) < 4.78 is 4.95. The van der Waals surface area contributed by atoms with E-state index < -0.39 is 0 Å². The van der Waals surface area contributed by atoms with Crippen molar-refractivity contribution in [3.63, 3.8) is 0 Å². The number of allylic oxidation sites excluding steroid dienone is 1. The van der Waals surface area contributed by atoms with Crippen LogP contribution in [0.1, 0.15) is 39.5 Å². The predicted octanol–water partition coefficient (Wildman–Crippen LogP) is 3.24. The van der Waals surface area contributed by atoms with E-state index in [4.69, 9.17) is 4.74 Å². The van der Waals surface area contributed by atoms with Crippen LogP contribution < -0.4 is 0 Å². The first-order chi connectivity index (χ1) is 6.57. The molecule has 0 amide bonds. The quantitative estimate of drug-likeness (QED) is 0.270. The second-order valence-electron chi connectivity index (χ2n) is 3.48. The van der Waals surface area contributed by atoms with Crippen LogP contribution in [0, 0.1) is 0 Å². The smallest absolute Gasteiger partial charge is 0.333 e. The molecule has 0 heterocycles. The van der Waals surface area contributed by atoms with E-state index in [-0.39, 0.29) is 5.97 Å². The summed E-state index contributed by atoms with van der Waals surface area (Å²) in [7, 11) is 0. The molecule has 0 unspecified atom stereocenters. The van der Waals surface area contributed by atoms with E-state index in [2.05, 4.69) is 20.1 Å². The molecular weight excluding hydrogens is 176 g/mol. The second kappa shape index (κ2) is 7.36. The van der Waals surface area contributed by atoms with E-state index in [1.54, 1.807) is 6.92 Å². The minimum absolute atomic E-state index is 0.292. The third-order valence-electron chi connectivity index (χ3n) is 2.01. The summed E-state index contributed by atoms with van der Waals surface area (Å²) >= 11 is 0. The van der Waals surface area contributed by atoms with Crippen LogP contribution in [0.5, 0.6) is 0 Å². The molecule has 0 fully saturated rings. The lowest BCUT2D eigenvalue weighted by molar-refractivity contribution is -0.139. The zero-order valence-electron chi connectivity index (χ0n) is 9.27. The third-order valence-corrected chi connectivity index (χ3v) is 2.01. The molecular formula is C12H20O2. The Kier molecular flexibility index (Phi) is 6.81. The van der Waals surface area contributed by atoms with Crippen molar-refractivity contribution in [3.05, 3.63) is 24.3 Å². The molecule has 2 heteroatoms. The van der Waals surface area contributed by atoms with Gasteiger partial charge in [0.15, 0.2) is 0 Å². The second-order valence-corrected chi connectivity index (χ2v) is 3.48. The van der Waals surface area contributed by atoms with Crippen molar-refractivity contribution in [2.24, 2.45) is 0 Å². The van der Waals surface area contributed by atoms with Crippen LogP contribution in [0.3, 0.4) is 0 Å². The van der Waals surface area contributed by atoms with Crippen molar-refractivity contribution >= 4 is 5.97 Å². The fourth-order valence-corrected chi connectivity index (χ4v) is 0.942. The van der Waals surface area contributed by atoms with Crippen LogP contribution in [0.2, 0.25) is 0 Å². The van der Waals surface area contributed by atoms with Gasteiger partial charge in [-0.05, 0) is 32.6 Å². The van der Waals surface area contributed by atoms with Gasteiger partial charge in [0.2, 0.25) is 0 Å². The number of carbonyl (C=O) groups excluding carboxylic acids is 1. The van der Waals surface area contributed by atoms with Crippen molar-refractivity contribution in [2.45, 2.75) is 39.5 Å². The number of unbranched alkanes of at least 4 members (excludes halogenated alkanes) is 1. The highest BCUT2D eigenvalue weighted by Crippen LogP contribution is 2.08. The summed E-state index contributed by atoms with van der Waals surface area (Å²) in [5, 5.41) is 0. The average molecular weight is 196 g/mol. The molecule has 14 heavy (non-hydrogen) atoms. The maximum Gasteiger partial charge on any atom is 0.333 e. The van der Waals surface area contributed by atoms with Gasteiger partial charge >= 0.3 is 5.97 Å². The van der Waals surface area contributed by atoms with Gasteiger partial charge in [-0.25, -0.2) is 4.79 Å². The van der Waals surface area contributed by atoms with Crippen LogP contribution >= 0.6 is 0 Å². The molecule has 0 saturated carbocycles. The lowest BCUT2D eigenvalue weighted by Gasteiger charge is -2.04. The first-order valence-electron chi connectivity index (χ1n) is 5.07. The predicted molar refractivity (Wildman–Crippen MR) is 59.1 cm³/mol. The monoisotopic (exact) mass is 196 g/mol. The fraction of sp³-hybridized carbons (Fsp3) is 0.583. The van der Waals surface area contributed by atoms with Gasteiger partial charge in [0.1, 0.15) is 0 Å². The van der Waals surface area contributed by atoms with E-state index in [1.807, 2.05) is 0 Å². The maximum atomic E-state index is 11.0. The molecule has 0 aliphatic heterocycles. The van der Waals surface area contributed by atoms with Crippen LogP contribution in [-0.2, 0) is 9.53 Å². The van der Waals surface area contributed by atoms with Crippen LogP contribution in [-0.4, -0.2) is 12.6 Å². The van der Waals surface area contributed by atoms with Crippen molar-refractivity contribution < 1.29 is 9.53 Å². The molecule has 0 aromatic rings. The number of hydrogen-bond acceptors (Lipinski definition) is 2. The highest BCUT2D eigenvalue weighted by atomic mass is 16.5. The summed E-state index contributed by atoms with van der Waals surface area (Å²) in [6.45, 7) is 11.7. The van der Waals surface area contributed by atoms with E-state index >= 15 is 0 Å². The standard InChI is InChI=1S/C12H20O2/c1-5-11(4)8-6-7-9-14-12(13)10(2)3/h2,4-9H2,1,3H3. The number of esters is 1. The number of hydrogen-bond donors (Lipinski definition) is 0. The van der Waals surface area contributed by atoms with E-state index in [0.29, 0.717) is 12.2 Å². The Labute approximate surface area is 86.6 Å². The topological polar surface area (TPSA) is 26.3 Å². The van der Waals surface area contributed by atoms with Gasteiger partial charge < -0.3 is 4.74 Å². The summed E-state index contributed by atoms with van der Waals surface area (Å²) in [5.41, 5.74) is 1.72. The Morgan fingerprint density at radius 1 is 1.29 bits per heavy atom. The van der Waals surface area contributed by atoms with Gasteiger partial charge in [-0.1, -0.05) is 25.7 Å². The first kappa shape index (κ1) is 12.9. The number of ether oxygens (including phenoxy) is 1. The van der Waals surface area contributed by atoms with Crippen LogP contribution in [0.25, 0.3) is 0 Å². The molecule has 80 valence electrons. The van der Waals surface area contributed by atoms with Crippen LogP contribution in [0.4, 0.5) is 0 Å². The molecule has 0 atom stereocenters. The zero-order chi connectivity index (χ0) is 11.0. The molecule has 0 spiro atoms. The Hall–Kier alpha value is -1.05. The fourth-order valence-electron chi connectivity index (χ4n) is 0.942. The first-order valence-corrected chi connectivity index (χ1v) is 5.07. The Morgan fingerprint density at radius 2 is 1.93 bits per heavy atom. The average Bonchev–Trinajstić information content (AvgIpc) is 2.16. The molecule has 0 aliphatic carbocycles. The lowest BCUT2D eigenvalue weighted by Crippen LogP contribution is -2.06. The summed E-state index contributed by atoms with van der Waals surface area (Å²) in [6, 6.07) is 0. The molecule has 0 rings (SSSR count). The highest BCUT2D eigenvalue weighted by Gasteiger charge is 2.01. The van der Waals surface area contributed by atoms with Crippen molar-refractivity contribution in [1.29, 1.82) is 0 Å². The molecule has 0 aromatic heterocycles. The minimum atomic E-state index is -0.292. The molecule has 0 bridgehead atoms. The van der Waals surface area contributed by atoms with E-state index in [1.165, 1.54) is 5.57 Å². The van der Waals surface area contributed by atoms with Gasteiger partial charge in [-0.15, -0.1) is 0 Å². The Morgan fingerprint density at radius 3 is 2.43 bits per heavy atom. The molecule has 0 N–H and O–H groups in total. The van der Waals surface area contributed by atoms with E-state index in [9.17, 15) is 4.79 Å². The zero-order valence-corrected chi connectivity index (χ0v) is 9.27. The van der Waals surface area contributed by atoms with E-state index in [0.717, 1.165) is 25.7 Å². The number of rotatable bonds is 7. The van der Waals surface area contributed by atoms with Crippen molar-refractivity contribution in [2.75, 3.05) is 6.61 Å². The largest absolute Gasteiger partial charge is 0.462 e. The van der Waals surface area contributed by atoms with Gasteiger partial charge in [-0.3, -0.25) is 0 Å². The SMILES string of the molecule is C=C(CC)CCCCOC(=O)C(=C)C. The van der Waals surface area contributed by atoms with Gasteiger partial charge in [0, 0.05) is 5.57 Å². The number of carbonyl (C=O) groups is 1. The molecule has 2 nitrogen and oxygen atoms in total. The normalized spacial score (nSPS) is 9.57. The summed E-state index contributed by atoms with van der Waals surface area (Å²) in [5.74, 6) is -0.292. The van der Waals surface area contributed by atoms with Crippen LogP contribution in [0.15, 0.2) is 24.3 Å². The van der Waals surface area contributed by atoms with Gasteiger partial charge in [0.25, 0.3) is 0 Å². The van der Waals surface area contributed by atoms with Gasteiger partial charge in [-0.2, -0.15) is 0 Å². The summed E-state index contributed by atoms with van der Waals surface area (Å²) in [4.78, 5) is 11.0. The highest BCUT2D eigenvalue weighted by molar-refractivity contribution is 5.86.